The molecule has 0 saturated heterocycles. The molecule has 2 atom stereocenters. The predicted octanol–water partition coefficient (Wildman–Crippen LogP) is 3.29. The van der Waals surface area contributed by atoms with Crippen molar-refractivity contribution in [2.45, 2.75) is 44.9 Å². The van der Waals surface area contributed by atoms with Gasteiger partial charge in [-0.05, 0) is 39.7 Å². The zero-order valence-electron chi connectivity index (χ0n) is 22.6. The maximum absolute atomic E-state index is 12.6. The molecule has 2 N–H and O–H groups in total. The van der Waals surface area contributed by atoms with Crippen LogP contribution in [0, 0.1) is 0 Å². The van der Waals surface area contributed by atoms with E-state index in [4.69, 9.17) is 13.9 Å². The first kappa shape index (κ1) is 29.1. The molecular formula is C30H37NO6Si. The van der Waals surface area contributed by atoms with Gasteiger partial charge < -0.3 is 24.3 Å². The Balaban J connectivity index is 1.83. The number of amides is 1. The van der Waals surface area contributed by atoms with Crippen LogP contribution in [0.5, 0.6) is 5.75 Å². The van der Waals surface area contributed by atoms with Gasteiger partial charge >= 0.3 is 5.97 Å². The summed E-state index contributed by atoms with van der Waals surface area (Å²) in [5.41, 5.74) is 0.338. The molecule has 0 aliphatic heterocycles. The largest absolute Gasteiger partial charge is 0.497 e. The molecule has 0 spiro atoms. The molecule has 1 amide bonds. The molecule has 202 valence electrons. The summed E-state index contributed by atoms with van der Waals surface area (Å²) in [5, 5.41) is 15.8. The third-order valence-corrected chi connectivity index (χ3v) is 11.5. The fourth-order valence-electron chi connectivity index (χ4n) is 4.57. The van der Waals surface area contributed by atoms with E-state index in [0.717, 1.165) is 10.4 Å². The number of esters is 1. The Kier molecular flexibility index (Phi) is 9.85. The SMILES string of the molecule is COc1ccc(C(=O)OC[C@@H](NC(C)=O)[C@H](O)CO[Si](c2ccccc2)(c2ccccc2)C(C)(C)C)cc1. The minimum Gasteiger partial charge on any atom is -0.497 e. The molecule has 0 aromatic heterocycles. The van der Waals surface area contributed by atoms with Crippen LogP contribution in [0.1, 0.15) is 38.1 Å². The highest BCUT2D eigenvalue weighted by molar-refractivity contribution is 6.99. The summed E-state index contributed by atoms with van der Waals surface area (Å²) in [6.07, 6.45) is -1.12. The average Bonchev–Trinajstić information content (AvgIpc) is 2.91. The lowest BCUT2D eigenvalue weighted by Crippen LogP contribution is -2.67. The van der Waals surface area contributed by atoms with Gasteiger partial charge in [0.25, 0.3) is 8.32 Å². The van der Waals surface area contributed by atoms with Gasteiger partial charge in [-0.3, -0.25) is 4.79 Å². The maximum atomic E-state index is 12.6. The number of hydrogen-bond acceptors (Lipinski definition) is 6. The second-order valence-electron chi connectivity index (χ2n) is 10.2. The minimum atomic E-state index is -2.90. The molecule has 0 unspecified atom stereocenters. The highest BCUT2D eigenvalue weighted by Crippen LogP contribution is 2.36. The van der Waals surface area contributed by atoms with Crippen LogP contribution in [-0.4, -0.2) is 57.8 Å². The van der Waals surface area contributed by atoms with E-state index in [9.17, 15) is 14.7 Å². The summed E-state index contributed by atoms with van der Waals surface area (Å²) in [6, 6.07) is 25.8. The fourth-order valence-corrected chi connectivity index (χ4v) is 9.15. The van der Waals surface area contributed by atoms with Crippen molar-refractivity contribution in [1.29, 1.82) is 0 Å². The molecule has 0 fully saturated rings. The Labute approximate surface area is 225 Å². The van der Waals surface area contributed by atoms with E-state index >= 15 is 0 Å². The first-order valence-electron chi connectivity index (χ1n) is 12.6. The second kappa shape index (κ2) is 12.9. The monoisotopic (exact) mass is 535 g/mol. The van der Waals surface area contributed by atoms with Gasteiger partial charge in [-0.15, -0.1) is 0 Å². The molecule has 0 saturated carbocycles. The first-order valence-corrected chi connectivity index (χ1v) is 14.5. The molecule has 7 nitrogen and oxygen atoms in total. The zero-order valence-corrected chi connectivity index (χ0v) is 23.6. The highest BCUT2D eigenvalue weighted by Gasteiger charge is 2.50. The quantitative estimate of drug-likeness (QED) is 0.289. The topological polar surface area (TPSA) is 94.1 Å². The van der Waals surface area contributed by atoms with Crippen molar-refractivity contribution in [3.05, 3.63) is 90.5 Å². The lowest BCUT2D eigenvalue weighted by atomic mass is 10.2. The molecule has 0 aliphatic rings. The number of rotatable bonds is 11. The van der Waals surface area contributed by atoms with E-state index in [1.807, 2.05) is 36.4 Å². The second-order valence-corrected chi connectivity index (χ2v) is 14.5. The van der Waals surface area contributed by atoms with Crippen molar-refractivity contribution >= 4 is 30.6 Å². The van der Waals surface area contributed by atoms with Crippen LogP contribution in [0.4, 0.5) is 0 Å². The van der Waals surface area contributed by atoms with Crippen molar-refractivity contribution in [1.82, 2.24) is 5.32 Å². The number of aliphatic hydroxyl groups excluding tert-OH is 1. The molecule has 0 heterocycles. The Morgan fingerprint density at radius 3 is 1.84 bits per heavy atom. The predicted molar refractivity (Wildman–Crippen MR) is 150 cm³/mol. The first-order chi connectivity index (χ1) is 18.1. The van der Waals surface area contributed by atoms with E-state index in [2.05, 4.69) is 50.4 Å². The normalized spacial score (nSPS) is 13.3. The van der Waals surface area contributed by atoms with E-state index in [-0.39, 0.29) is 24.2 Å². The summed E-state index contributed by atoms with van der Waals surface area (Å²) in [5.74, 6) is -0.295. The smallest absolute Gasteiger partial charge is 0.338 e. The van der Waals surface area contributed by atoms with E-state index in [0.29, 0.717) is 11.3 Å². The number of hydrogen-bond donors (Lipinski definition) is 2. The van der Waals surface area contributed by atoms with Gasteiger partial charge in [0.15, 0.2) is 0 Å². The Hall–Kier alpha value is -3.46. The van der Waals surface area contributed by atoms with Crippen molar-refractivity contribution in [3.63, 3.8) is 0 Å². The van der Waals surface area contributed by atoms with Gasteiger partial charge in [-0.1, -0.05) is 81.4 Å². The summed E-state index contributed by atoms with van der Waals surface area (Å²) >= 11 is 0. The summed E-state index contributed by atoms with van der Waals surface area (Å²) in [6.45, 7) is 7.52. The van der Waals surface area contributed by atoms with Gasteiger partial charge in [0.1, 0.15) is 12.4 Å². The van der Waals surface area contributed by atoms with Crippen LogP contribution < -0.4 is 20.4 Å². The maximum Gasteiger partial charge on any atom is 0.338 e. The Morgan fingerprint density at radius 2 is 1.39 bits per heavy atom. The van der Waals surface area contributed by atoms with Crippen LogP contribution >= 0.6 is 0 Å². The Morgan fingerprint density at radius 1 is 0.868 bits per heavy atom. The van der Waals surface area contributed by atoms with Crippen molar-refractivity contribution in [2.24, 2.45) is 0 Å². The van der Waals surface area contributed by atoms with Gasteiger partial charge in [0, 0.05) is 6.92 Å². The molecular weight excluding hydrogens is 498 g/mol. The number of carbonyl (C=O) groups excluding carboxylic acids is 2. The van der Waals surface area contributed by atoms with E-state index in [1.54, 1.807) is 31.4 Å². The number of methoxy groups -OCH3 is 1. The molecule has 3 aromatic rings. The third kappa shape index (κ3) is 6.89. The molecule has 0 radical (unpaired) electrons. The van der Waals surface area contributed by atoms with Crippen LogP contribution in [0.2, 0.25) is 5.04 Å². The number of aliphatic hydroxyl groups is 1. The van der Waals surface area contributed by atoms with Gasteiger partial charge in [-0.2, -0.15) is 0 Å². The summed E-state index contributed by atoms with van der Waals surface area (Å²) in [7, 11) is -1.35. The van der Waals surface area contributed by atoms with Gasteiger partial charge in [0.2, 0.25) is 5.91 Å². The molecule has 38 heavy (non-hydrogen) atoms. The molecule has 3 rings (SSSR count). The van der Waals surface area contributed by atoms with Gasteiger partial charge in [0.05, 0.1) is 31.4 Å². The third-order valence-electron chi connectivity index (χ3n) is 6.46. The molecule has 0 bridgehead atoms. The fraction of sp³-hybridized carbons (Fsp3) is 0.333. The molecule has 3 aromatic carbocycles. The lowest BCUT2D eigenvalue weighted by Gasteiger charge is -2.43. The van der Waals surface area contributed by atoms with Gasteiger partial charge in [-0.25, -0.2) is 4.79 Å². The molecule has 8 heteroatoms. The van der Waals surface area contributed by atoms with Crippen LogP contribution in [0.25, 0.3) is 0 Å². The van der Waals surface area contributed by atoms with E-state index < -0.39 is 26.4 Å². The number of ether oxygens (including phenoxy) is 2. The Bertz CT molecular complexity index is 1140. The number of carbonyl (C=O) groups is 2. The lowest BCUT2D eigenvalue weighted by molar-refractivity contribution is -0.121. The van der Waals surface area contributed by atoms with Crippen LogP contribution in [-0.2, 0) is 14.0 Å². The van der Waals surface area contributed by atoms with Crippen LogP contribution in [0.15, 0.2) is 84.9 Å². The average molecular weight is 536 g/mol. The highest BCUT2D eigenvalue weighted by atomic mass is 28.4. The number of nitrogens with one attached hydrogen (secondary N) is 1. The molecule has 0 aliphatic carbocycles. The zero-order chi connectivity index (χ0) is 27.8. The van der Waals surface area contributed by atoms with Crippen molar-refractivity contribution < 1.29 is 28.6 Å². The van der Waals surface area contributed by atoms with Crippen molar-refractivity contribution in [3.8, 4) is 5.75 Å². The van der Waals surface area contributed by atoms with E-state index in [1.165, 1.54) is 6.92 Å². The number of benzene rings is 3. The summed E-state index contributed by atoms with van der Waals surface area (Å²) in [4.78, 5) is 24.5. The minimum absolute atomic E-state index is 0.0572. The summed E-state index contributed by atoms with van der Waals surface area (Å²) < 4.78 is 17.4. The standard InChI is InChI=1S/C30H37NO6Si/c1-22(32)31-27(20-36-29(34)23-16-18-24(35-5)19-17-23)28(33)21-37-38(30(2,3)4,25-12-8-6-9-13-25)26-14-10-7-11-15-26/h6-19,27-28,33H,20-21H2,1-5H3,(H,31,32)/t27-,28-/m1/s1. The van der Waals surface area contributed by atoms with Crippen molar-refractivity contribution in [2.75, 3.05) is 20.3 Å². The van der Waals surface area contributed by atoms with Crippen LogP contribution in [0.3, 0.4) is 0 Å².